The molecule has 0 unspecified atom stereocenters. The Kier molecular flexibility index (Phi) is 7.41. The molecule has 0 saturated heterocycles. The van der Waals surface area contributed by atoms with Crippen LogP contribution in [-0.4, -0.2) is 37.7 Å². The lowest BCUT2D eigenvalue weighted by Crippen LogP contribution is -2.30. The molecule has 10 heteroatoms. The van der Waals surface area contributed by atoms with Gasteiger partial charge >= 0.3 is 0 Å². The van der Waals surface area contributed by atoms with Crippen LogP contribution in [0.1, 0.15) is 21.6 Å². The van der Waals surface area contributed by atoms with Gasteiger partial charge in [0.05, 0.1) is 43.3 Å². The van der Waals surface area contributed by atoms with Gasteiger partial charge in [-0.2, -0.15) is 0 Å². The average Bonchev–Trinajstić information content (AvgIpc) is 3.36. The molecule has 0 aliphatic heterocycles. The molecule has 6 rings (SSSR count). The van der Waals surface area contributed by atoms with Crippen molar-refractivity contribution < 1.29 is 14.3 Å². The molecule has 0 aliphatic rings. The molecule has 10 nitrogen and oxygen atoms in total. The van der Waals surface area contributed by atoms with Crippen LogP contribution in [0.3, 0.4) is 0 Å². The molecular formula is C32H26N6O4. The van der Waals surface area contributed by atoms with Gasteiger partial charge in [0.2, 0.25) is 0 Å². The summed E-state index contributed by atoms with van der Waals surface area (Å²) in [4.78, 5) is 39.6. The molecule has 0 saturated carbocycles. The van der Waals surface area contributed by atoms with Gasteiger partial charge in [-0.05, 0) is 48.0 Å². The first-order chi connectivity index (χ1) is 20.6. The maximum Gasteiger partial charge on any atom is 0.280 e. The van der Waals surface area contributed by atoms with E-state index in [1.165, 1.54) is 4.68 Å². The van der Waals surface area contributed by atoms with Crippen LogP contribution >= 0.6 is 0 Å². The molecule has 208 valence electrons. The first-order valence-corrected chi connectivity index (χ1v) is 13.2. The highest BCUT2D eigenvalue weighted by Gasteiger charge is 2.22. The van der Waals surface area contributed by atoms with E-state index in [1.807, 2.05) is 48.5 Å². The van der Waals surface area contributed by atoms with Crippen molar-refractivity contribution in [2.24, 2.45) is 0 Å². The number of hydrogen-bond acceptors (Lipinski definition) is 7. The minimum atomic E-state index is -0.504. The minimum absolute atomic E-state index is 0.0262. The first kappa shape index (κ1) is 26.5. The number of rotatable bonds is 9. The summed E-state index contributed by atoms with van der Waals surface area (Å²) in [6.45, 7) is 0.421. The van der Waals surface area contributed by atoms with Crippen LogP contribution in [0.15, 0.2) is 108 Å². The Bertz CT molecular complexity index is 1900. The fourth-order valence-corrected chi connectivity index (χ4v) is 4.58. The predicted molar refractivity (Wildman–Crippen MR) is 158 cm³/mol. The van der Waals surface area contributed by atoms with Crippen LogP contribution in [0, 0.1) is 0 Å². The molecule has 6 aromatic rings. The number of methoxy groups -OCH3 is 1. The molecule has 2 N–H and O–H groups in total. The lowest BCUT2D eigenvalue weighted by molar-refractivity contribution is 0.0950. The molecule has 4 heterocycles. The van der Waals surface area contributed by atoms with Gasteiger partial charge in [0.1, 0.15) is 22.8 Å². The molecular weight excluding hydrogens is 532 g/mol. The highest BCUT2D eigenvalue weighted by molar-refractivity contribution is 5.99. The van der Waals surface area contributed by atoms with Crippen LogP contribution in [0.2, 0.25) is 0 Å². The second kappa shape index (κ2) is 11.8. The molecule has 1 amide bonds. The quantitative estimate of drug-likeness (QED) is 0.257. The largest absolute Gasteiger partial charge is 0.497 e. The predicted octanol–water partition coefficient (Wildman–Crippen LogP) is 4.96. The van der Waals surface area contributed by atoms with Crippen molar-refractivity contribution in [3.05, 3.63) is 131 Å². The average molecular weight is 559 g/mol. The third-order valence-electron chi connectivity index (χ3n) is 6.70. The van der Waals surface area contributed by atoms with Crippen molar-refractivity contribution in [3.63, 3.8) is 0 Å². The van der Waals surface area contributed by atoms with Gasteiger partial charge < -0.3 is 14.8 Å². The Hall–Kier alpha value is -5.77. The summed E-state index contributed by atoms with van der Waals surface area (Å²) >= 11 is 0. The Balaban J connectivity index is 1.18. The Morgan fingerprint density at radius 2 is 1.74 bits per heavy atom. The first-order valence-electron chi connectivity index (χ1n) is 13.2. The van der Waals surface area contributed by atoms with E-state index in [2.05, 4.69) is 25.4 Å². The number of benzene rings is 2. The molecule has 42 heavy (non-hydrogen) atoms. The molecule has 0 fully saturated rings. The van der Waals surface area contributed by atoms with Crippen molar-refractivity contribution in [2.75, 3.05) is 7.11 Å². The topological polar surface area (TPSA) is 124 Å². The Morgan fingerprint density at radius 3 is 2.50 bits per heavy atom. The second-order valence-corrected chi connectivity index (χ2v) is 9.44. The summed E-state index contributed by atoms with van der Waals surface area (Å²) < 4.78 is 12.8. The number of aromatic nitrogens is 5. The van der Waals surface area contributed by atoms with Gasteiger partial charge in [0, 0.05) is 35.6 Å². The van der Waals surface area contributed by atoms with Crippen molar-refractivity contribution >= 4 is 16.8 Å². The van der Waals surface area contributed by atoms with E-state index in [4.69, 9.17) is 9.47 Å². The van der Waals surface area contributed by atoms with Gasteiger partial charge in [0.15, 0.2) is 0 Å². The maximum absolute atomic E-state index is 13.4. The highest BCUT2D eigenvalue weighted by atomic mass is 16.5. The number of pyridine rings is 3. The number of amides is 1. The molecule has 0 spiro atoms. The van der Waals surface area contributed by atoms with E-state index >= 15 is 0 Å². The van der Waals surface area contributed by atoms with Crippen LogP contribution in [0.25, 0.3) is 22.2 Å². The summed E-state index contributed by atoms with van der Waals surface area (Å²) in [5.74, 6) is 1.37. The molecule has 0 radical (unpaired) electrons. The standard InChI is InChI=1S/C32H26N6O4/c1-41-24-9-10-26-27(17-24)34-16-13-28(26)42-25-8-7-23(35-19-25)18-36-31(39)29-30(22-11-14-33-15-12-22)37-38(32(29)40)20-21-5-3-2-4-6-21/h2-17,19,37H,18,20H2,1H3,(H,36,39). The minimum Gasteiger partial charge on any atom is -0.497 e. The Labute approximate surface area is 240 Å². The molecule has 4 aromatic heterocycles. The van der Waals surface area contributed by atoms with Crippen molar-refractivity contribution in [1.82, 2.24) is 30.0 Å². The molecule has 2 aromatic carbocycles. The third kappa shape index (κ3) is 5.59. The van der Waals surface area contributed by atoms with Crippen LogP contribution in [0.5, 0.6) is 17.2 Å². The van der Waals surface area contributed by atoms with Crippen molar-refractivity contribution in [3.8, 4) is 28.5 Å². The van der Waals surface area contributed by atoms with Gasteiger partial charge in [-0.15, -0.1) is 0 Å². The number of nitrogens with zero attached hydrogens (tertiary/aromatic N) is 4. The van der Waals surface area contributed by atoms with Crippen LogP contribution in [0.4, 0.5) is 0 Å². The smallest absolute Gasteiger partial charge is 0.280 e. The van der Waals surface area contributed by atoms with E-state index in [0.717, 1.165) is 16.5 Å². The number of carbonyl (C=O) groups excluding carboxylic acids is 1. The van der Waals surface area contributed by atoms with Crippen LogP contribution in [-0.2, 0) is 13.1 Å². The zero-order valence-corrected chi connectivity index (χ0v) is 22.7. The van der Waals surface area contributed by atoms with Gasteiger partial charge in [-0.25, -0.2) is 4.68 Å². The van der Waals surface area contributed by atoms with E-state index in [-0.39, 0.29) is 12.1 Å². The summed E-state index contributed by atoms with van der Waals surface area (Å²) in [7, 11) is 1.61. The normalized spacial score (nSPS) is 10.9. The van der Waals surface area contributed by atoms with Crippen molar-refractivity contribution in [1.29, 1.82) is 0 Å². The Morgan fingerprint density at radius 1 is 0.929 bits per heavy atom. The lowest BCUT2D eigenvalue weighted by atomic mass is 10.1. The number of fused-ring (bicyclic) bond motifs is 1. The number of ether oxygens (including phenoxy) is 2. The SMILES string of the molecule is COc1ccc2c(Oc3ccc(CNC(=O)c4c(-c5ccncc5)[nH]n(Cc5ccccc5)c4=O)nc3)ccnc2c1. The lowest BCUT2D eigenvalue weighted by Gasteiger charge is -2.10. The number of carbonyl (C=O) groups is 1. The third-order valence-corrected chi connectivity index (χ3v) is 6.70. The molecule has 0 bridgehead atoms. The monoisotopic (exact) mass is 558 g/mol. The van der Waals surface area contributed by atoms with Gasteiger partial charge in [0.25, 0.3) is 11.5 Å². The van der Waals surface area contributed by atoms with Crippen LogP contribution < -0.4 is 20.3 Å². The fourth-order valence-electron chi connectivity index (χ4n) is 4.58. The fraction of sp³-hybridized carbons (Fsp3) is 0.0938. The zero-order valence-electron chi connectivity index (χ0n) is 22.7. The zero-order chi connectivity index (χ0) is 28.9. The summed E-state index contributed by atoms with van der Waals surface area (Å²) in [6.07, 6.45) is 6.48. The molecule has 0 aliphatic carbocycles. The summed E-state index contributed by atoms with van der Waals surface area (Å²) in [5.41, 5.74) is 3.00. The van der Waals surface area contributed by atoms with E-state index < -0.39 is 11.5 Å². The van der Waals surface area contributed by atoms with E-state index in [1.54, 1.807) is 62.2 Å². The van der Waals surface area contributed by atoms with E-state index in [9.17, 15) is 9.59 Å². The summed E-state index contributed by atoms with van der Waals surface area (Å²) in [5, 5.41) is 6.79. The van der Waals surface area contributed by atoms with E-state index in [0.29, 0.717) is 40.7 Å². The molecule has 0 atom stereocenters. The highest BCUT2D eigenvalue weighted by Crippen LogP contribution is 2.30. The number of hydrogen-bond donors (Lipinski definition) is 2. The number of nitrogens with one attached hydrogen (secondary N) is 2. The number of aromatic amines is 1. The maximum atomic E-state index is 13.4. The van der Waals surface area contributed by atoms with Gasteiger partial charge in [-0.3, -0.25) is 29.6 Å². The van der Waals surface area contributed by atoms with Gasteiger partial charge in [-0.1, -0.05) is 30.3 Å². The summed E-state index contributed by atoms with van der Waals surface area (Å²) in [6, 6.07) is 24.0. The van der Waals surface area contributed by atoms with Crippen molar-refractivity contribution in [2.45, 2.75) is 13.1 Å². The number of H-pyrrole nitrogens is 1. The second-order valence-electron chi connectivity index (χ2n) is 9.44.